The number of ether oxygens (including phenoxy) is 2. The molecule has 138 valence electrons. The van der Waals surface area contributed by atoms with E-state index in [1.54, 1.807) is 31.2 Å². The Labute approximate surface area is 154 Å². The van der Waals surface area contributed by atoms with Crippen molar-refractivity contribution in [3.63, 3.8) is 0 Å². The lowest BCUT2D eigenvalue weighted by atomic mass is 10.1. The van der Waals surface area contributed by atoms with Gasteiger partial charge in [0.1, 0.15) is 5.75 Å². The summed E-state index contributed by atoms with van der Waals surface area (Å²) in [5.41, 5.74) is 2.29. The smallest absolute Gasteiger partial charge is 0.347 e. The number of aryl methyl sites for hydroxylation is 1. The van der Waals surface area contributed by atoms with Crippen LogP contribution in [-0.2, 0) is 9.53 Å². The second-order valence-corrected chi connectivity index (χ2v) is 6.07. The number of hydrogen-bond acceptors (Lipinski definition) is 4. The molecule has 26 heavy (non-hydrogen) atoms. The van der Waals surface area contributed by atoms with Crippen LogP contribution in [0.15, 0.2) is 48.5 Å². The Morgan fingerprint density at radius 2 is 1.77 bits per heavy atom. The first-order chi connectivity index (χ1) is 12.5. The Bertz CT molecular complexity index is 740. The molecule has 0 aliphatic carbocycles. The summed E-state index contributed by atoms with van der Waals surface area (Å²) in [6, 6.07) is 14.3. The summed E-state index contributed by atoms with van der Waals surface area (Å²) in [7, 11) is 0. The van der Waals surface area contributed by atoms with E-state index in [1.165, 1.54) is 0 Å². The minimum Gasteiger partial charge on any atom is -0.479 e. The van der Waals surface area contributed by atoms with Gasteiger partial charge in [0.2, 0.25) is 0 Å². The van der Waals surface area contributed by atoms with Gasteiger partial charge in [-0.25, -0.2) is 4.79 Å². The van der Waals surface area contributed by atoms with Gasteiger partial charge < -0.3 is 14.8 Å². The number of benzene rings is 2. The van der Waals surface area contributed by atoms with E-state index in [4.69, 9.17) is 9.47 Å². The third kappa shape index (κ3) is 5.62. The van der Waals surface area contributed by atoms with Gasteiger partial charge in [-0.05, 0) is 56.2 Å². The molecule has 2 aromatic rings. The van der Waals surface area contributed by atoms with E-state index < -0.39 is 6.10 Å². The third-order valence-corrected chi connectivity index (χ3v) is 3.90. The van der Waals surface area contributed by atoms with Crippen molar-refractivity contribution in [1.29, 1.82) is 0 Å². The van der Waals surface area contributed by atoms with Gasteiger partial charge in [0.15, 0.2) is 6.10 Å². The van der Waals surface area contributed by atoms with Gasteiger partial charge in [-0.3, -0.25) is 4.79 Å². The Morgan fingerprint density at radius 3 is 2.42 bits per heavy atom. The highest BCUT2D eigenvalue weighted by Crippen LogP contribution is 2.17. The van der Waals surface area contributed by atoms with Crippen LogP contribution in [-0.4, -0.2) is 24.6 Å². The highest BCUT2D eigenvalue weighted by Gasteiger charge is 2.16. The molecule has 1 amide bonds. The van der Waals surface area contributed by atoms with Crippen LogP contribution in [0.5, 0.6) is 5.75 Å². The van der Waals surface area contributed by atoms with Crippen LogP contribution in [0.4, 0.5) is 5.69 Å². The maximum Gasteiger partial charge on any atom is 0.347 e. The predicted octanol–water partition coefficient (Wildman–Crippen LogP) is 4.36. The number of carbonyl (C=O) groups excluding carboxylic acids is 2. The summed E-state index contributed by atoms with van der Waals surface area (Å²) in [6.45, 7) is 6.02. The van der Waals surface area contributed by atoms with Gasteiger partial charge in [-0.2, -0.15) is 0 Å². The molecule has 5 heteroatoms. The molecule has 0 heterocycles. The Balaban J connectivity index is 1.92. The van der Waals surface area contributed by atoms with Crippen molar-refractivity contribution in [2.75, 3.05) is 11.9 Å². The van der Waals surface area contributed by atoms with Crippen molar-refractivity contribution in [3.8, 4) is 5.75 Å². The lowest BCUT2D eigenvalue weighted by Crippen LogP contribution is -2.26. The van der Waals surface area contributed by atoms with Crippen LogP contribution < -0.4 is 10.1 Å². The summed E-state index contributed by atoms with van der Waals surface area (Å²) >= 11 is 0. The average Bonchev–Trinajstić information content (AvgIpc) is 2.64. The van der Waals surface area contributed by atoms with Gasteiger partial charge >= 0.3 is 5.97 Å². The highest BCUT2D eigenvalue weighted by atomic mass is 16.6. The van der Waals surface area contributed by atoms with Gasteiger partial charge in [0, 0.05) is 11.3 Å². The zero-order chi connectivity index (χ0) is 18.9. The number of amides is 1. The first-order valence-electron chi connectivity index (χ1n) is 8.81. The molecular weight excluding hydrogens is 330 g/mol. The number of para-hydroxylation sites is 1. The van der Waals surface area contributed by atoms with Crippen molar-refractivity contribution in [2.24, 2.45) is 0 Å². The fourth-order valence-corrected chi connectivity index (χ4v) is 2.28. The van der Waals surface area contributed by atoms with E-state index in [2.05, 4.69) is 5.32 Å². The standard InChI is InChI=1S/C21H25NO4/c1-4-5-14-25-21(24)16(3)26-18-12-10-17(11-13-18)20(23)22-19-9-7-6-8-15(19)2/h6-13,16H,4-5,14H2,1-3H3,(H,22,23)/t16-/m0/s1. The second-order valence-electron chi connectivity index (χ2n) is 6.07. The first kappa shape index (κ1) is 19.5. The topological polar surface area (TPSA) is 64.6 Å². The quantitative estimate of drug-likeness (QED) is 0.564. The molecule has 5 nitrogen and oxygen atoms in total. The lowest BCUT2D eigenvalue weighted by Gasteiger charge is -2.14. The number of anilines is 1. The maximum absolute atomic E-state index is 12.3. The Kier molecular flexibility index (Phi) is 7.21. The van der Waals surface area contributed by atoms with Gasteiger partial charge in [0.05, 0.1) is 6.61 Å². The molecule has 0 fully saturated rings. The summed E-state index contributed by atoms with van der Waals surface area (Å²) in [6.07, 6.45) is 1.11. The van der Waals surface area contributed by atoms with Crippen LogP contribution in [0, 0.1) is 6.92 Å². The Hall–Kier alpha value is -2.82. The molecule has 0 saturated carbocycles. The molecule has 0 aliphatic heterocycles. The molecule has 2 aromatic carbocycles. The Morgan fingerprint density at radius 1 is 1.08 bits per heavy atom. The fraction of sp³-hybridized carbons (Fsp3) is 0.333. The average molecular weight is 355 g/mol. The number of hydrogen-bond donors (Lipinski definition) is 1. The largest absolute Gasteiger partial charge is 0.479 e. The van der Waals surface area contributed by atoms with E-state index in [-0.39, 0.29) is 11.9 Å². The maximum atomic E-state index is 12.3. The summed E-state index contributed by atoms with van der Waals surface area (Å²) in [5.74, 6) is -0.0740. The summed E-state index contributed by atoms with van der Waals surface area (Å²) < 4.78 is 10.7. The molecule has 0 unspecified atom stereocenters. The predicted molar refractivity (Wildman–Crippen MR) is 102 cm³/mol. The molecule has 1 atom stereocenters. The summed E-state index contributed by atoms with van der Waals surface area (Å²) in [4.78, 5) is 24.1. The van der Waals surface area contributed by atoms with E-state index in [9.17, 15) is 9.59 Å². The van der Waals surface area contributed by atoms with E-state index >= 15 is 0 Å². The van der Waals surface area contributed by atoms with Crippen molar-refractivity contribution < 1.29 is 19.1 Å². The van der Waals surface area contributed by atoms with Crippen molar-refractivity contribution in [1.82, 2.24) is 0 Å². The van der Waals surface area contributed by atoms with Crippen molar-refractivity contribution in [2.45, 2.75) is 39.7 Å². The third-order valence-electron chi connectivity index (χ3n) is 3.90. The minimum absolute atomic E-state index is 0.196. The van der Waals surface area contributed by atoms with Crippen LogP contribution >= 0.6 is 0 Å². The zero-order valence-corrected chi connectivity index (χ0v) is 15.5. The summed E-state index contributed by atoms with van der Waals surface area (Å²) in [5, 5.41) is 2.88. The van der Waals surface area contributed by atoms with Gasteiger partial charge in [-0.15, -0.1) is 0 Å². The van der Waals surface area contributed by atoms with Gasteiger partial charge in [-0.1, -0.05) is 31.5 Å². The normalized spacial score (nSPS) is 11.5. The van der Waals surface area contributed by atoms with Gasteiger partial charge in [0.25, 0.3) is 5.91 Å². The lowest BCUT2D eigenvalue weighted by molar-refractivity contribution is -0.151. The van der Waals surface area contributed by atoms with Crippen LogP contribution in [0.1, 0.15) is 42.6 Å². The molecule has 0 bridgehead atoms. The number of unbranched alkanes of at least 4 members (excludes halogenated alkanes) is 1. The number of carbonyl (C=O) groups is 2. The molecule has 0 spiro atoms. The van der Waals surface area contributed by atoms with E-state index in [0.29, 0.717) is 17.9 Å². The molecular formula is C21H25NO4. The molecule has 0 aromatic heterocycles. The minimum atomic E-state index is -0.696. The molecule has 0 radical (unpaired) electrons. The van der Waals surface area contributed by atoms with E-state index in [0.717, 1.165) is 24.1 Å². The fourth-order valence-electron chi connectivity index (χ4n) is 2.28. The zero-order valence-electron chi connectivity index (χ0n) is 15.5. The monoisotopic (exact) mass is 355 g/mol. The first-order valence-corrected chi connectivity index (χ1v) is 8.81. The van der Waals surface area contributed by atoms with Crippen molar-refractivity contribution >= 4 is 17.6 Å². The molecule has 0 saturated heterocycles. The number of esters is 1. The van der Waals surface area contributed by atoms with Crippen LogP contribution in [0.2, 0.25) is 0 Å². The highest BCUT2D eigenvalue weighted by molar-refractivity contribution is 6.04. The molecule has 1 N–H and O–H groups in total. The second kappa shape index (κ2) is 9.61. The SMILES string of the molecule is CCCCOC(=O)[C@H](C)Oc1ccc(C(=O)Nc2ccccc2C)cc1. The van der Waals surface area contributed by atoms with Crippen LogP contribution in [0.25, 0.3) is 0 Å². The number of nitrogens with one attached hydrogen (secondary N) is 1. The van der Waals surface area contributed by atoms with Crippen molar-refractivity contribution in [3.05, 3.63) is 59.7 Å². The molecule has 0 aliphatic rings. The van der Waals surface area contributed by atoms with E-state index in [1.807, 2.05) is 38.1 Å². The molecule has 2 rings (SSSR count). The number of rotatable bonds is 8. The van der Waals surface area contributed by atoms with Crippen LogP contribution in [0.3, 0.4) is 0 Å².